The Balaban J connectivity index is 1.37. The molecule has 0 unspecified atom stereocenters. The van der Waals surface area contributed by atoms with Crippen LogP contribution >= 0.6 is 0 Å². The quantitative estimate of drug-likeness (QED) is 0.759. The number of amides is 1. The van der Waals surface area contributed by atoms with Crippen molar-refractivity contribution in [2.24, 2.45) is 5.92 Å². The number of piperidine rings is 1. The minimum absolute atomic E-state index is 0.00745. The number of hydrogen-bond donors (Lipinski definition) is 1. The van der Waals surface area contributed by atoms with Crippen LogP contribution in [0.1, 0.15) is 47.6 Å². The van der Waals surface area contributed by atoms with Gasteiger partial charge in [-0.2, -0.15) is 0 Å². The van der Waals surface area contributed by atoms with Crippen LogP contribution in [-0.2, 0) is 6.54 Å². The molecule has 27 heavy (non-hydrogen) atoms. The van der Waals surface area contributed by atoms with Crippen molar-refractivity contribution in [1.82, 2.24) is 29.3 Å². The first kappa shape index (κ1) is 17.7. The van der Waals surface area contributed by atoms with E-state index < -0.39 is 6.10 Å². The molecule has 4 rings (SSSR count). The Hall–Kier alpha value is -2.74. The molecule has 8 nitrogen and oxygen atoms in total. The van der Waals surface area contributed by atoms with Crippen molar-refractivity contribution in [3.63, 3.8) is 0 Å². The largest absolute Gasteiger partial charge is 0.387 e. The molecule has 1 atom stereocenters. The topological polar surface area (TPSA) is 88.5 Å². The summed E-state index contributed by atoms with van der Waals surface area (Å²) in [5, 5.41) is 17.6. The summed E-state index contributed by atoms with van der Waals surface area (Å²) in [5.74, 6) is 0.438. The van der Waals surface area contributed by atoms with Crippen LogP contribution in [0.3, 0.4) is 0 Å². The zero-order valence-electron chi connectivity index (χ0n) is 15.6. The van der Waals surface area contributed by atoms with Crippen molar-refractivity contribution in [3.8, 4) is 0 Å². The van der Waals surface area contributed by atoms with Crippen LogP contribution in [-0.4, -0.2) is 53.4 Å². The molecular formula is C19H24N6O2. The number of rotatable bonds is 4. The first-order valence-corrected chi connectivity index (χ1v) is 9.32. The van der Waals surface area contributed by atoms with Crippen LogP contribution in [0.5, 0.6) is 0 Å². The lowest BCUT2D eigenvalue weighted by Crippen LogP contribution is -2.39. The van der Waals surface area contributed by atoms with E-state index in [2.05, 4.69) is 15.3 Å². The van der Waals surface area contributed by atoms with Crippen molar-refractivity contribution < 1.29 is 9.90 Å². The highest BCUT2D eigenvalue weighted by molar-refractivity contribution is 5.93. The fraction of sp³-hybridized carbons (Fsp3) is 0.474. The van der Waals surface area contributed by atoms with Gasteiger partial charge in [0.2, 0.25) is 0 Å². The number of pyridine rings is 1. The number of carbonyl (C=O) groups excluding carboxylic acids is 1. The van der Waals surface area contributed by atoms with Crippen molar-refractivity contribution in [2.45, 2.75) is 39.3 Å². The third kappa shape index (κ3) is 3.71. The van der Waals surface area contributed by atoms with Crippen LogP contribution in [0.2, 0.25) is 0 Å². The maximum Gasteiger partial charge on any atom is 0.274 e. The molecule has 1 N–H and O–H groups in total. The van der Waals surface area contributed by atoms with Gasteiger partial charge in [0.25, 0.3) is 5.91 Å². The highest BCUT2D eigenvalue weighted by atomic mass is 16.3. The van der Waals surface area contributed by atoms with Crippen LogP contribution < -0.4 is 0 Å². The molecule has 8 heteroatoms. The van der Waals surface area contributed by atoms with E-state index in [0.29, 0.717) is 30.4 Å². The molecule has 0 radical (unpaired) electrons. The maximum atomic E-state index is 12.8. The van der Waals surface area contributed by atoms with Crippen LogP contribution in [0, 0.1) is 12.8 Å². The Morgan fingerprint density at radius 2 is 2.11 bits per heavy atom. The Labute approximate surface area is 157 Å². The monoisotopic (exact) mass is 368 g/mol. The zero-order chi connectivity index (χ0) is 19.0. The number of aliphatic hydroxyl groups excluding tert-OH is 1. The smallest absolute Gasteiger partial charge is 0.274 e. The number of aromatic nitrogens is 5. The summed E-state index contributed by atoms with van der Waals surface area (Å²) in [5.41, 5.74) is 3.01. The van der Waals surface area contributed by atoms with Gasteiger partial charge in [0, 0.05) is 32.0 Å². The molecule has 3 aromatic heterocycles. The Morgan fingerprint density at radius 1 is 1.33 bits per heavy atom. The second-order valence-corrected chi connectivity index (χ2v) is 7.37. The zero-order valence-corrected chi connectivity index (χ0v) is 15.6. The highest BCUT2D eigenvalue weighted by Crippen LogP contribution is 2.21. The van der Waals surface area contributed by atoms with Gasteiger partial charge in [-0.1, -0.05) is 5.21 Å². The van der Waals surface area contributed by atoms with E-state index >= 15 is 0 Å². The standard InChI is InChI=1S/C19H24N6O2/c1-13-3-6-24-11-17(20-18(24)9-13)19(27)23-7-4-15(5-8-23)10-25-12-16(14(2)26)21-22-25/h3,6,9,11-12,14-15,26H,4-5,7-8,10H2,1-2H3/t14-/m0/s1. The van der Waals surface area contributed by atoms with Gasteiger partial charge in [-0.3, -0.25) is 9.48 Å². The average Bonchev–Trinajstić information content (AvgIpc) is 3.28. The van der Waals surface area contributed by atoms with E-state index in [9.17, 15) is 9.90 Å². The highest BCUT2D eigenvalue weighted by Gasteiger charge is 2.25. The summed E-state index contributed by atoms with van der Waals surface area (Å²) in [6.45, 7) is 5.89. The minimum Gasteiger partial charge on any atom is -0.387 e. The van der Waals surface area contributed by atoms with Gasteiger partial charge in [0.15, 0.2) is 0 Å². The summed E-state index contributed by atoms with van der Waals surface area (Å²) in [4.78, 5) is 19.2. The summed E-state index contributed by atoms with van der Waals surface area (Å²) < 4.78 is 3.67. The van der Waals surface area contributed by atoms with Gasteiger partial charge in [-0.15, -0.1) is 5.10 Å². The van der Waals surface area contributed by atoms with Gasteiger partial charge in [0.1, 0.15) is 17.0 Å². The fourth-order valence-electron chi connectivity index (χ4n) is 3.53. The number of imidazole rings is 1. The first-order valence-electron chi connectivity index (χ1n) is 9.32. The predicted octanol–water partition coefficient (Wildman–Crippen LogP) is 1.84. The Bertz CT molecular complexity index is 952. The Morgan fingerprint density at radius 3 is 2.81 bits per heavy atom. The summed E-state index contributed by atoms with van der Waals surface area (Å²) in [6, 6.07) is 3.98. The van der Waals surface area contributed by atoms with Crippen molar-refractivity contribution in [3.05, 3.63) is 47.7 Å². The summed E-state index contributed by atoms with van der Waals surface area (Å²) in [7, 11) is 0. The number of carbonyl (C=O) groups is 1. The normalized spacial score (nSPS) is 16.8. The van der Waals surface area contributed by atoms with Crippen molar-refractivity contribution >= 4 is 11.6 Å². The van der Waals surface area contributed by atoms with E-state index in [-0.39, 0.29) is 5.91 Å². The lowest BCUT2D eigenvalue weighted by Gasteiger charge is -2.31. The SMILES string of the molecule is Cc1ccn2cc(C(=O)N3CCC(Cn4cc([C@H](C)O)nn4)CC3)nc2c1. The van der Waals surface area contributed by atoms with Crippen LogP contribution in [0.15, 0.2) is 30.7 Å². The molecule has 0 saturated carbocycles. The van der Waals surface area contributed by atoms with Crippen molar-refractivity contribution in [2.75, 3.05) is 13.1 Å². The third-order valence-electron chi connectivity index (χ3n) is 5.17. The van der Waals surface area contributed by atoms with Gasteiger partial charge in [-0.05, 0) is 50.3 Å². The average molecular weight is 368 g/mol. The Kier molecular flexibility index (Phi) is 4.65. The van der Waals surface area contributed by atoms with E-state index in [1.807, 2.05) is 34.6 Å². The lowest BCUT2D eigenvalue weighted by atomic mass is 9.96. The molecular weight excluding hydrogens is 344 g/mol. The van der Waals surface area contributed by atoms with Crippen molar-refractivity contribution in [1.29, 1.82) is 0 Å². The van der Waals surface area contributed by atoms with Crippen LogP contribution in [0.4, 0.5) is 0 Å². The third-order valence-corrected chi connectivity index (χ3v) is 5.17. The first-order chi connectivity index (χ1) is 13.0. The predicted molar refractivity (Wildman–Crippen MR) is 99.2 cm³/mol. The molecule has 0 bridgehead atoms. The molecule has 0 aromatic carbocycles. The van der Waals surface area contributed by atoms with E-state index in [0.717, 1.165) is 30.6 Å². The number of hydrogen-bond acceptors (Lipinski definition) is 5. The van der Waals surface area contributed by atoms with E-state index in [4.69, 9.17) is 0 Å². The molecule has 0 aliphatic carbocycles. The van der Waals surface area contributed by atoms with Gasteiger partial charge in [-0.25, -0.2) is 4.98 Å². The number of aliphatic hydroxyl groups is 1. The molecule has 1 fully saturated rings. The minimum atomic E-state index is -0.604. The molecule has 4 heterocycles. The molecule has 1 saturated heterocycles. The fourth-order valence-corrected chi connectivity index (χ4v) is 3.53. The lowest BCUT2D eigenvalue weighted by molar-refractivity contribution is 0.0675. The molecule has 0 spiro atoms. The molecule has 3 aromatic rings. The van der Waals surface area contributed by atoms with Gasteiger partial charge < -0.3 is 14.4 Å². The van der Waals surface area contributed by atoms with Gasteiger partial charge >= 0.3 is 0 Å². The molecule has 1 amide bonds. The molecule has 142 valence electrons. The maximum absolute atomic E-state index is 12.8. The van der Waals surface area contributed by atoms with Gasteiger partial charge in [0.05, 0.1) is 12.3 Å². The number of likely N-dealkylation sites (tertiary alicyclic amines) is 1. The summed E-state index contributed by atoms with van der Waals surface area (Å²) in [6.07, 6.45) is 6.76. The second-order valence-electron chi connectivity index (χ2n) is 7.37. The molecule has 1 aliphatic heterocycles. The van der Waals surface area contributed by atoms with E-state index in [1.165, 1.54) is 0 Å². The second kappa shape index (κ2) is 7.11. The number of nitrogens with zero attached hydrogens (tertiary/aromatic N) is 6. The van der Waals surface area contributed by atoms with E-state index in [1.54, 1.807) is 24.0 Å². The molecule has 1 aliphatic rings. The van der Waals surface area contributed by atoms with Crippen LogP contribution in [0.25, 0.3) is 5.65 Å². The number of fused-ring (bicyclic) bond motifs is 1. The number of aryl methyl sites for hydroxylation is 1. The summed E-state index contributed by atoms with van der Waals surface area (Å²) >= 11 is 0.